The van der Waals surface area contributed by atoms with E-state index >= 15 is 0 Å². The van der Waals surface area contributed by atoms with Gasteiger partial charge in [0, 0.05) is 11.3 Å². The quantitative estimate of drug-likeness (QED) is 0.497. The van der Waals surface area contributed by atoms with Gasteiger partial charge in [-0.2, -0.15) is 0 Å². The van der Waals surface area contributed by atoms with Crippen molar-refractivity contribution in [1.29, 1.82) is 0 Å². The predicted molar refractivity (Wildman–Crippen MR) is 110 cm³/mol. The van der Waals surface area contributed by atoms with Crippen LogP contribution in [0.1, 0.15) is 18.1 Å². The summed E-state index contributed by atoms with van der Waals surface area (Å²) in [5.41, 5.74) is 3.56. The third-order valence-electron chi connectivity index (χ3n) is 4.16. The number of carbonyl (C=O) groups excluding carboxylic acids is 1. The van der Waals surface area contributed by atoms with Crippen molar-refractivity contribution in [2.75, 3.05) is 11.2 Å². The first-order valence-electron chi connectivity index (χ1n) is 8.37. The molecule has 0 spiro atoms. The molecule has 0 aliphatic rings. The van der Waals surface area contributed by atoms with Crippen LogP contribution in [-0.4, -0.2) is 26.0 Å². The fourth-order valence-electron chi connectivity index (χ4n) is 2.63. The number of aryl methyl sites for hydroxylation is 2. The molecule has 6 nitrogen and oxygen atoms in total. The van der Waals surface area contributed by atoms with Crippen molar-refractivity contribution < 1.29 is 4.79 Å². The van der Waals surface area contributed by atoms with Crippen molar-refractivity contribution in [3.63, 3.8) is 0 Å². The molecule has 1 atom stereocenters. The number of carbonyl (C=O) groups is 1. The van der Waals surface area contributed by atoms with Crippen LogP contribution in [0.15, 0.2) is 47.6 Å². The molecule has 1 heterocycles. The Morgan fingerprint density at radius 2 is 1.81 bits per heavy atom. The zero-order valence-corrected chi connectivity index (χ0v) is 16.8. The maximum absolute atomic E-state index is 12.6. The monoisotopic (exact) mass is 401 g/mol. The largest absolute Gasteiger partial charge is 0.335 e. The Morgan fingerprint density at radius 3 is 2.48 bits per heavy atom. The van der Waals surface area contributed by atoms with Gasteiger partial charge in [-0.25, -0.2) is 4.68 Å². The summed E-state index contributed by atoms with van der Waals surface area (Å²) in [5.74, 6) is 6.46. The van der Waals surface area contributed by atoms with E-state index in [9.17, 15) is 4.79 Å². The van der Waals surface area contributed by atoms with Crippen LogP contribution >= 0.6 is 23.4 Å². The summed E-state index contributed by atoms with van der Waals surface area (Å²) in [6.07, 6.45) is 0. The molecule has 1 aromatic heterocycles. The molecule has 3 aromatic rings. The average molecular weight is 402 g/mol. The van der Waals surface area contributed by atoms with E-state index in [1.165, 1.54) is 16.4 Å². The zero-order chi connectivity index (χ0) is 19.6. The molecule has 8 heteroatoms. The summed E-state index contributed by atoms with van der Waals surface area (Å²) in [7, 11) is 0. The van der Waals surface area contributed by atoms with E-state index in [1.54, 1.807) is 13.0 Å². The highest BCUT2D eigenvalue weighted by Gasteiger charge is 2.21. The zero-order valence-electron chi connectivity index (χ0n) is 15.2. The summed E-state index contributed by atoms with van der Waals surface area (Å²) in [6, 6.07) is 13.2. The second-order valence-corrected chi connectivity index (χ2v) is 7.89. The Hall–Kier alpha value is -2.51. The molecule has 1 amide bonds. The van der Waals surface area contributed by atoms with Crippen LogP contribution in [0.3, 0.4) is 0 Å². The Kier molecular flexibility index (Phi) is 5.72. The van der Waals surface area contributed by atoms with Crippen LogP contribution in [0, 0.1) is 13.8 Å². The van der Waals surface area contributed by atoms with Crippen molar-refractivity contribution in [3.8, 4) is 11.4 Å². The lowest BCUT2D eigenvalue weighted by Crippen LogP contribution is -2.24. The van der Waals surface area contributed by atoms with Crippen LogP contribution in [0.5, 0.6) is 0 Å². The lowest BCUT2D eigenvalue weighted by molar-refractivity contribution is -0.115. The molecule has 0 unspecified atom stereocenters. The normalized spacial score (nSPS) is 12.0. The maximum Gasteiger partial charge on any atom is 0.237 e. The number of halogens is 1. The second kappa shape index (κ2) is 8.02. The van der Waals surface area contributed by atoms with E-state index in [1.807, 2.05) is 50.2 Å². The minimum absolute atomic E-state index is 0.125. The number of aromatic nitrogens is 3. The number of anilines is 1. The molecule has 0 fully saturated rings. The van der Waals surface area contributed by atoms with Gasteiger partial charge in [-0.15, -0.1) is 10.2 Å². The van der Waals surface area contributed by atoms with Gasteiger partial charge in [-0.05, 0) is 44.0 Å². The minimum Gasteiger partial charge on any atom is -0.335 e. The highest BCUT2D eigenvalue weighted by molar-refractivity contribution is 8.00. The Balaban J connectivity index is 1.76. The lowest BCUT2D eigenvalue weighted by Gasteiger charge is -2.15. The van der Waals surface area contributed by atoms with Crippen molar-refractivity contribution in [2.45, 2.75) is 31.2 Å². The van der Waals surface area contributed by atoms with E-state index in [2.05, 4.69) is 15.5 Å². The smallest absolute Gasteiger partial charge is 0.237 e. The molecule has 0 radical (unpaired) electrons. The SMILES string of the molecule is Cc1cccc(C)c1NC(=O)[C@H](C)Sc1nnc(-c2ccccc2Cl)n1N. The summed E-state index contributed by atoms with van der Waals surface area (Å²) in [5, 5.41) is 11.8. The van der Waals surface area contributed by atoms with Crippen molar-refractivity contribution in [2.24, 2.45) is 0 Å². The number of thioether (sulfide) groups is 1. The van der Waals surface area contributed by atoms with Gasteiger partial charge in [0.05, 0.1) is 10.3 Å². The standard InChI is InChI=1S/C19H20ClN5OS/c1-11-7-6-8-12(2)16(11)22-18(26)13(3)27-19-24-23-17(25(19)21)14-9-4-5-10-15(14)20/h4-10,13H,21H2,1-3H3,(H,22,26)/t13-/m0/s1. The van der Waals surface area contributed by atoms with E-state index in [0.717, 1.165) is 16.8 Å². The van der Waals surface area contributed by atoms with E-state index < -0.39 is 5.25 Å². The first-order valence-corrected chi connectivity index (χ1v) is 9.63. The molecule has 0 bridgehead atoms. The number of hydrogen-bond donors (Lipinski definition) is 2. The van der Waals surface area contributed by atoms with Gasteiger partial charge in [-0.1, -0.05) is 53.7 Å². The van der Waals surface area contributed by atoms with Crippen LogP contribution in [-0.2, 0) is 4.79 Å². The first kappa shape index (κ1) is 19.3. The van der Waals surface area contributed by atoms with Gasteiger partial charge < -0.3 is 11.2 Å². The fourth-order valence-corrected chi connectivity index (χ4v) is 3.62. The number of nitrogens with two attached hydrogens (primary N) is 1. The average Bonchev–Trinajstić information content (AvgIpc) is 2.99. The van der Waals surface area contributed by atoms with Gasteiger partial charge in [0.1, 0.15) is 0 Å². The summed E-state index contributed by atoms with van der Waals surface area (Å²) in [4.78, 5) is 12.6. The predicted octanol–water partition coefficient (Wildman–Crippen LogP) is 4.05. The maximum atomic E-state index is 12.6. The number of hydrogen-bond acceptors (Lipinski definition) is 5. The molecule has 0 saturated carbocycles. The molecular formula is C19H20ClN5OS. The number of benzene rings is 2. The van der Waals surface area contributed by atoms with Crippen molar-refractivity contribution in [3.05, 3.63) is 58.6 Å². The second-order valence-electron chi connectivity index (χ2n) is 6.17. The number of nitrogen functional groups attached to an aromatic ring is 1. The third-order valence-corrected chi connectivity index (χ3v) is 5.55. The van der Waals surface area contributed by atoms with Crippen molar-refractivity contribution in [1.82, 2.24) is 14.9 Å². The number of nitrogens with zero attached hydrogens (tertiary/aromatic N) is 3. The van der Waals surface area contributed by atoms with Gasteiger partial charge >= 0.3 is 0 Å². The highest BCUT2D eigenvalue weighted by atomic mass is 35.5. The summed E-state index contributed by atoms with van der Waals surface area (Å²) >= 11 is 7.45. The van der Waals surface area contributed by atoms with Crippen LogP contribution in [0.2, 0.25) is 5.02 Å². The molecular weight excluding hydrogens is 382 g/mol. The number of nitrogens with one attached hydrogen (secondary N) is 1. The van der Waals surface area contributed by atoms with Gasteiger partial charge in [0.25, 0.3) is 0 Å². The van der Waals surface area contributed by atoms with Gasteiger partial charge in [0.15, 0.2) is 5.82 Å². The van der Waals surface area contributed by atoms with Crippen LogP contribution < -0.4 is 11.2 Å². The minimum atomic E-state index is -0.408. The summed E-state index contributed by atoms with van der Waals surface area (Å²) < 4.78 is 1.36. The van der Waals surface area contributed by atoms with E-state index in [-0.39, 0.29) is 5.91 Å². The van der Waals surface area contributed by atoms with E-state index in [0.29, 0.717) is 21.6 Å². The molecule has 27 heavy (non-hydrogen) atoms. The van der Waals surface area contributed by atoms with Gasteiger partial charge in [-0.3, -0.25) is 4.79 Å². The van der Waals surface area contributed by atoms with Gasteiger partial charge in [0.2, 0.25) is 11.1 Å². The third kappa shape index (κ3) is 4.09. The molecule has 3 rings (SSSR count). The Bertz CT molecular complexity index is 968. The molecule has 0 saturated heterocycles. The molecule has 0 aliphatic carbocycles. The van der Waals surface area contributed by atoms with E-state index in [4.69, 9.17) is 17.4 Å². The number of rotatable bonds is 5. The Labute approximate surface area is 167 Å². The van der Waals surface area contributed by atoms with Crippen LogP contribution in [0.4, 0.5) is 5.69 Å². The fraction of sp³-hybridized carbons (Fsp3) is 0.211. The topological polar surface area (TPSA) is 85.8 Å². The molecule has 0 aliphatic heterocycles. The number of amides is 1. The summed E-state index contributed by atoms with van der Waals surface area (Å²) in [6.45, 7) is 5.73. The first-order chi connectivity index (χ1) is 12.9. The van der Waals surface area contributed by atoms with Crippen LogP contribution in [0.25, 0.3) is 11.4 Å². The lowest BCUT2D eigenvalue weighted by atomic mass is 10.1. The van der Waals surface area contributed by atoms with Crippen molar-refractivity contribution >= 4 is 35.0 Å². The molecule has 2 aromatic carbocycles. The Morgan fingerprint density at radius 1 is 1.15 bits per heavy atom. The molecule has 3 N–H and O–H groups in total. The number of para-hydroxylation sites is 1. The molecule has 140 valence electrons. The highest BCUT2D eigenvalue weighted by Crippen LogP contribution is 2.29.